The van der Waals surface area contributed by atoms with Crippen LogP contribution in [0.15, 0.2) is 73.2 Å². The molecular formula is C20H15FN4O. The second kappa shape index (κ2) is 6.76. The van der Waals surface area contributed by atoms with E-state index in [-0.39, 0.29) is 11.7 Å². The van der Waals surface area contributed by atoms with Gasteiger partial charge in [0, 0.05) is 29.3 Å². The molecule has 0 aliphatic rings. The van der Waals surface area contributed by atoms with E-state index >= 15 is 0 Å². The third-order valence-electron chi connectivity index (χ3n) is 4.14. The van der Waals surface area contributed by atoms with Crippen molar-refractivity contribution >= 4 is 22.5 Å². The topological polar surface area (TPSA) is 59.8 Å². The Morgan fingerprint density at radius 2 is 1.88 bits per heavy atom. The fourth-order valence-corrected chi connectivity index (χ4v) is 2.83. The van der Waals surface area contributed by atoms with E-state index in [1.807, 2.05) is 30.5 Å². The monoisotopic (exact) mass is 346 g/mol. The summed E-state index contributed by atoms with van der Waals surface area (Å²) >= 11 is 0. The molecule has 4 rings (SSSR count). The molecule has 1 amide bonds. The van der Waals surface area contributed by atoms with Crippen molar-refractivity contribution in [2.45, 2.75) is 6.54 Å². The van der Waals surface area contributed by atoms with Crippen molar-refractivity contribution in [1.82, 2.24) is 14.8 Å². The number of amides is 1. The Labute approximate surface area is 149 Å². The second-order valence-corrected chi connectivity index (χ2v) is 5.93. The molecule has 2 aromatic carbocycles. The molecule has 5 nitrogen and oxygen atoms in total. The lowest BCUT2D eigenvalue weighted by Gasteiger charge is -2.08. The van der Waals surface area contributed by atoms with Gasteiger partial charge >= 0.3 is 0 Å². The van der Waals surface area contributed by atoms with E-state index in [0.717, 1.165) is 16.5 Å². The quantitative estimate of drug-likeness (QED) is 0.610. The van der Waals surface area contributed by atoms with Crippen LogP contribution < -0.4 is 5.32 Å². The van der Waals surface area contributed by atoms with Crippen LogP contribution in [0.3, 0.4) is 0 Å². The highest BCUT2D eigenvalue weighted by Crippen LogP contribution is 2.22. The third kappa shape index (κ3) is 3.30. The van der Waals surface area contributed by atoms with Gasteiger partial charge in [-0.2, -0.15) is 10.2 Å². The zero-order valence-electron chi connectivity index (χ0n) is 13.8. The number of fused-ring (bicyclic) bond motifs is 1. The number of nitrogens with zero attached hydrogens (tertiary/aromatic N) is 3. The maximum absolute atomic E-state index is 13.0. The molecule has 26 heavy (non-hydrogen) atoms. The average molecular weight is 346 g/mol. The number of nitrogens with one attached hydrogen (secondary N) is 1. The lowest BCUT2D eigenvalue weighted by molar-refractivity contribution is 0.102. The van der Waals surface area contributed by atoms with Crippen LogP contribution in [0, 0.1) is 5.82 Å². The number of anilines is 1. The fourth-order valence-electron chi connectivity index (χ4n) is 2.83. The second-order valence-electron chi connectivity index (χ2n) is 5.93. The zero-order valence-corrected chi connectivity index (χ0v) is 13.8. The molecule has 0 aliphatic carbocycles. The molecule has 0 atom stereocenters. The van der Waals surface area contributed by atoms with Crippen molar-refractivity contribution < 1.29 is 9.18 Å². The molecule has 0 saturated heterocycles. The Morgan fingerprint density at radius 1 is 1.04 bits per heavy atom. The summed E-state index contributed by atoms with van der Waals surface area (Å²) in [6, 6.07) is 15.8. The van der Waals surface area contributed by atoms with E-state index < -0.39 is 0 Å². The number of halogens is 1. The zero-order chi connectivity index (χ0) is 17.9. The van der Waals surface area contributed by atoms with Crippen LogP contribution in [0.25, 0.3) is 10.9 Å². The summed E-state index contributed by atoms with van der Waals surface area (Å²) in [5, 5.41) is 11.2. The van der Waals surface area contributed by atoms with Crippen molar-refractivity contribution in [3.63, 3.8) is 0 Å². The highest BCUT2D eigenvalue weighted by atomic mass is 19.1. The largest absolute Gasteiger partial charge is 0.343 e. The standard InChI is InChI=1S/C20H15FN4O/c21-17-3-1-14(2-4-17)13-25-10-8-15-11-18(5-6-19(15)25)24-20(26)16-7-9-22-23-12-16/h1-12H,13H2,(H,24,26). The number of benzene rings is 2. The Balaban J connectivity index is 1.55. The number of carbonyl (C=O) groups is 1. The first-order chi connectivity index (χ1) is 12.7. The van der Waals surface area contributed by atoms with Gasteiger partial charge in [0.25, 0.3) is 5.91 Å². The molecule has 2 aromatic heterocycles. The molecule has 4 aromatic rings. The summed E-state index contributed by atoms with van der Waals surface area (Å²) in [5.41, 5.74) is 3.22. The van der Waals surface area contributed by atoms with Crippen LogP contribution in [0.2, 0.25) is 0 Å². The van der Waals surface area contributed by atoms with Crippen molar-refractivity contribution in [3.8, 4) is 0 Å². The van der Waals surface area contributed by atoms with Gasteiger partial charge in [0.1, 0.15) is 5.82 Å². The molecular weight excluding hydrogens is 331 g/mol. The summed E-state index contributed by atoms with van der Waals surface area (Å²) in [6.45, 7) is 0.651. The highest BCUT2D eigenvalue weighted by molar-refractivity contribution is 6.04. The fraction of sp³-hybridized carbons (Fsp3) is 0.0500. The van der Waals surface area contributed by atoms with Gasteiger partial charge in [-0.05, 0) is 48.0 Å². The molecule has 0 aliphatic heterocycles. The predicted molar refractivity (Wildman–Crippen MR) is 97.4 cm³/mol. The van der Waals surface area contributed by atoms with Crippen molar-refractivity contribution in [1.29, 1.82) is 0 Å². The SMILES string of the molecule is O=C(Nc1ccc2c(ccn2Cc2ccc(F)cc2)c1)c1ccnnc1. The molecule has 0 bridgehead atoms. The Bertz CT molecular complexity index is 1060. The first-order valence-electron chi connectivity index (χ1n) is 8.10. The van der Waals surface area contributed by atoms with E-state index in [9.17, 15) is 9.18 Å². The van der Waals surface area contributed by atoms with E-state index in [1.54, 1.807) is 18.2 Å². The average Bonchev–Trinajstić information content (AvgIpc) is 3.06. The Hall–Kier alpha value is -3.54. The first-order valence-corrected chi connectivity index (χ1v) is 8.10. The maximum Gasteiger partial charge on any atom is 0.257 e. The normalized spacial score (nSPS) is 10.8. The van der Waals surface area contributed by atoms with Crippen molar-refractivity contribution in [3.05, 3.63) is 90.1 Å². The van der Waals surface area contributed by atoms with Crippen LogP contribution in [0.5, 0.6) is 0 Å². The van der Waals surface area contributed by atoms with Gasteiger partial charge in [0.15, 0.2) is 0 Å². The van der Waals surface area contributed by atoms with Crippen molar-refractivity contribution in [2.24, 2.45) is 0 Å². The summed E-state index contributed by atoms with van der Waals surface area (Å²) in [5.74, 6) is -0.471. The molecule has 0 unspecified atom stereocenters. The summed E-state index contributed by atoms with van der Waals surface area (Å²) in [4.78, 5) is 12.2. The molecule has 0 saturated carbocycles. The van der Waals surface area contributed by atoms with Gasteiger partial charge < -0.3 is 9.88 Å². The van der Waals surface area contributed by atoms with E-state index in [4.69, 9.17) is 0 Å². The minimum atomic E-state index is -0.240. The molecule has 1 N–H and O–H groups in total. The molecule has 0 radical (unpaired) electrons. The molecule has 128 valence electrons. The lowest BCUT2D eigenvalue weighted by Crippen LogP contribution is -2.12. The number of aromatic nitrogens is 3. The lowest BCUT2D eigenvalue weighted by atomic mass is 10.2. The van der Waals surface area contributed by atoms with Crippen LogP contribution in [0.4, 0.5) is 10.1 Å². The van der Waals surface area contributed by atoms with E-state index in [2.05, 4.69) is 20.1 Å². The van der Waals surface area contributed by atoms with Gasteiger partial charge in [-0.1, -0.05) is 12.1 Å². The molecule has 6 heteroatoms. The number of carbonyl (C=O) groups excluding carboxylic acids is 1. The van der Waals surface area contributed by atoms with Gasteiger partial charge in [-0.15, -0.1) is 0 Å². The Kier molecular flexibility index (Phi) is 4.15. The molecule has 2 heterocycles. The van der Waals surface area contributed by atoms with Crippen LogP contribution in [0.1, 0.15) is 15.9 Å². The van der Waals surface area contributed by atoms with Gasteiger partial charge in [0.2, 0.25) is 0 Å². The van der Waals surface area contributed by atoms with E-state index in [1.165, 1.54) is 24.5 Å². The van der Waals surface area contributed by atoms with Crippen LogP contribution in [-0.2, 0) is 6.54 Å². The van der Waals surface area contributed by atoms with Crippen molar-refractivity contribution in [2.75, 3.05) is 5.32 Å². The van der Waals surface area contributed by atoms with Gasteiger partial charge in [-0.3, -0.25) is 4.79 Å². The van der Waals surface area contributed by atoms with Crippen LogP contribution in [-0.4, -0.2) is 20.7 Å². The minimum absolute atomic E-state index is 0.231. The minimum Gasteiger partial charge on any atom is -0.343 e. The predicted octanol–water partition coefficient (Wildman–Crippen LogP) is 3.87. The molecule has 0 spiro atoms. The van der Waals surface area contributed by atoms with E-state index in [0.29, 0.717) is 17.8 Å². The van der Waals surface area contributed by atoms with Gasteiger partial charge in [-0.25, -0.2) is 4.39 Å². The summed E-state index contributed by atoms with van der Waals surface area (Å²) in [7, 11) is 0. The number of hydrogen-bond acceptors (Lipinski definition) is 3. The Morgan fingerprint density at radius 3 is 2.65 bits per heavy atom. The van der Waals surface area contributed by atoms with Gasteiger partial charge in [0.05, 0.1) is 18.0 Å². The molecule has 0 fully saturated rings. The smallest absolute Gasteiger partial charge is 0.257 e. The maximum atomic E-state index is 13.0. The number of hydrogen-bond donors (Lipinski definition) is 1. The first kappa shape index (κ1) is 16.0. The summed E-state index contributed by atoms with van der Waals surface area (Å²) < 4.78 is 15.1. The van der Waals surface area contributed by atoms with Crippen LogP contribution >= 0.6 is 0 Å². The third-order valence-corrected chi connectivity index (χ3v) is 4.14. The summed E-state index contributed by atoms with van der Waals surface area (Å²) in [6.07, 6.45) is 4.88. The highest BCUT2D eigenvalue weighted by Gasteiger charge is 2.08. The number of rotatable bonds is 4.